The van der Waals surface area contributed by atoms with Gasteiger partial charge in [-0.1, -0.05) is 39.7 Å². The second-order valence-corrected chi connectivity index (χ2v) is 9.54. The lowest BCUT2D eigenvalue weighted by Gasteiger charge is -2.21. The van der Waals surface area contributed by atoms with E-state index in [-0.39, 0.29) is 49.9 Å². The zero-order valence-corrected chi connectivity index (χ0v) is 23.1. The van der Waals surface area contributed by atoms with Gasteiger partial charge >= 0.3 is 23.9 Å². The highest BCUT2D eigenvalue weighted by Gasteiger charge is 2.27. The van der Waals surface area contributed by atoms with Gasteiger partial charge in [-0.05, 0) is 57.2 Å². The molecule has 0 aliphatic rings. The average Bonchev–Trinajstić information content (AvgIpc) is 2.88. The molecule has 1 aromatic rings. The first-order valence-electron chi connectivity index (χ1n) is 13.1. The first kappa shape index (κ1) is 32.1. The molecule has 0 spiro atoms. The minimum atomic E-state index is -0.732. The molecule has 9 nitrogen and oxygen atoms in total. The summed E-state index contributed by atoms with van der Waals surface area (Å²) < 4.78 is 21.2. The molecule has 208 valence electrons. The van der Waals surface area contributed by atoms with E-state index in [9.17, 15) is 19.2 Å². The van der Waals surface area contributed by atoms with Crippen molar-refractivity contribution in [2.75, 3.05) is 20.3 Å². The number of rotatable bonds is 17. The van der Waals surface area contributed by atoms with Crippen molar-refractivity contribution >= 4 is 23.9 Å². The van der Waals surface area contributed by atoms with Crippen molar-refractivity contribution in [2.24, 2.45) is 5.41 Å². The number of methoxy groups -OCH3 is 1. The highest BCUT2D eigenvalue weighted by atomic mass is 16.6. The van der Waals surface area contributed by atoms with Crippen LogP contribution in [0.5, 0.6) is 11.5 Å². The van der Waals surface area contributed by atoms with Gasteiger partial charge < -0.3 is 24.3 Å². The molecule has 0 saturated heterocycles. The van der Waals surface area contributed by atoms with E-state index in [2.05, 4.69) is 5.32 Å². The molecule has 0 radical (unpaired) electrons. The first-order valence-corrected chi connectivity index (χ1v) is 13.1. The predicted octanol–water partition coefficient (Wildman–Crippen LogP) is 4.53. The van der Waals surface area contributed by atoms with Gasteiger partial charge in [0.05, 0.1) is 12.5 Å². The lowest BCUT2D eigenvalue weighted by atomic mass is 9.91. The summed E-state index contributed by atoms with van der Waals surface area (Å²) in [6, 6.07) is 4.12. The van der Waals surface area contributed by atoms with E-state index in [0.29, 0.717) is 24.8 Å². The molecule has 9 heteroatoms. The molecule has 1 atom stereocenters. The Labute approximate surface area is 220 Å². The largest absolute Gasteiger partial charge is 0.468 e. The fraction of sp³-hybridized carbons (Fsp3) is 0.643. The maximum atomic E-state index is 12.4. The summed E-state index contributed by atoms with van der Waals surface area (Å²) >= 11 is 0. The Kier molecular flexibility index (Phi) is 14.5. The number of hydrogen-bond donors (Lipinski definition) is 1. The van der Waals surface area contributed by atoms with Crippen LogP contribution in [0.3, 0.4) is 0 Å². The summed E-state index contributed by atoms with van der Waals surface area (Å²) in [5, 5.41) is 3.06. The topological polar surface area (TPSA) is 117 Å². The molecule has 0 aliphatic carbocycles. The van der Waals surface area contributed by atoms with Crippen LogP contribution in [0.25, 0.3) is 0 Å². The maximum Gasteiger partial charge on any atom is 0.323 e. The molecule has 1 rings (SSSR count). The van der Waals surface area contributed by atoms with E-state index in [1.54, 1.807) is 18.2 Å². The van der Waals surface area contributed by atoms with Gasteiger partial charge in [-0.2, -0.15) is 0 Å². The maximum absolute atomic E-state index is 12.4. The second kappa shape index (κ2) is 16.7. The Balaban J connectivity index is 2.97. The number of unbranched alkanes of at least 4 members (excludes halogenated alkanes) is 2. The molecule has 0 amide bonds. The van der Waals surface area contributed by atoms with Gasteiger partial charge in [0.25, 0.3) is 0 Å². The lowest BCUT2D eigenvalue weighted by Crippen LogP contribution is -2.41. The van der Waals surface area contributed by atoms with Gasteiger partial charge in [-0.25, -0.2) is 0 Å². The van der Waals surface area contributed by atoms with Gasteiger partial charge in [0, 0.05) is 19.4 Å². The third kappa shape index (κ3) is 11.8. The zero-order chi connectivity index (χ0) is 27.8. The van der Waals surface area contributed by atoms with Crippen LogP contribution in [0, 0.1) is 5.41 Å². The number of carbonyl (C=O) groups excluding carboxylic acids is 4. The van der Waals surface area contributed by atoms with E-state index >= 15 is 0 Å². The van der Waals surface area contributed by atoms with Gasteiger partial charge in [-0.15, -0.1) is 0 Å². The highest BCUT2D eigenvalue weighted by molar-refractivity contribution is 5.78. The van der Waals surface area contributed by atoms with Crippen LogP contribution in [-0.4, -0.2) is 50.2 Å². The number of esters is 4. The fourth-order valence-corrected chi connectivity index (χ4v) is 3.17. The molecular formula is C28H43NO8. The molecule has 1 N–H and O–H groups in total. The number of benzene rings is 1. The van der Waals surface area contributed by atoms with E-state index in [4.69, 9.17) is 18.9 Å². The van der Waals surface area contributed by atoms with Gasteiger partial charge in [-0.3, -0.25) is 19.2 Å². The summed E-state index contributed by atoms with van der Waals surface area (Å²) in [5.41, 5.74) is 0.0905. The third-order valence-corrected chi connectivity index (χ3v) is 6.01. The minimum absolute atomic E-state index is 0.0999. The molecular weight excluding hydrogens is 478 g/mol. The zero-order valence-electron chi connectivity index (χ0n) is 23.1. The highest BCUT2D eigenvalue weighted by Crippen LogP contribution is 2.30. The monoisotopic (exact) mass is 521 g/mol. The van der Waals surface area contributed by atoms with Crippen molar-refractivity contribution in [3.63, 3.8) is 0 Å². The van der Waals surface area contributed by atoms with E-state index in [1.165, 1.54) is 7.11 Å². The molecule has 0 unspecified atom stereocenters. The van der Waals surface area contributed by atoms with Crippen molar-refractivity contribution in [3.8, 4) is 11.5 Å². The molecule has 0 saturated carbocycles. The molecule has 0 fully saturated rings. The SMILES string of the molecule is CCCCC(=O)Oc1ccc(C[C@H](NCCOC(=O)C(C)(C)CC)C(=O)OC)cc1OC(=O)CCCC. The molecule has 0 aromatic heterocycles. The van der Waals surface area contributed by atoms with Crippen LogP contribution < -0.4 is 14.8 Å². The number of carbonyl (C=O) groups is 4. The summed E-state index contributed by atoms with van der Waals surface area (Å²) in [6.07, 6.45) is 4.43. The Hall–Kier alpha value is -2.94. The second-order valence-electron chi connectivity index (χ2n) is 9.54. The van der Waals surface area contributed by atoms with E-state index in [1.807, 2.05) is 34.6 Å². The van der Waals surface area contributed by atoms with Gasteiger partial charge in [0.2, 0.25) is 0 Å². The molecule has 0 aliphatic heterocycles. The lowest BCUT2D eigenvalue weighted by molar-refractivity contribution is -0.154. The standard InChI is InChI=1S/C28H43NO8/c1-7-10-12-24(30)36-22-15-14-20(19-23(22)37-25(31)13-11-8-2)18-21(26(32)34-6)29-16-17-35-27(33)28(4,5)9-3/h14-15,19,21,29H,7-13,16-18H2,1-6H3/t21-/m0/s1. The smallest absolute Gasteiger partial charge is 0.323 e. The van der Waals surface area contributed by atoms with Crippen LogP contribution in [0.4, 0.5) is 0 Å². The van der Waals surface area contributed by atoms with Gasteiger partial charge in [0.15, 0.2) is 11.5 Å². The third-order valence-electron chi connectivity index (χ3n) is 6.01. The van der Waals surface area contributed by atoms with Crippen molar-refractivity contribution in [1.82, 2.24) is 5.32 Å². The number of nitrogens with one attached hydrogen (secondary N) is 1. The van der Waals surface area contributed by atoms with Crippen molar-refractivity contribution < 1.29 is 38.1 Å². The van der Waals surface area contributed by atoms with E-state index < -0.39 is 29.4 Å². The van der Waals surface area contributed by atoms with Gasteiger partial charge in [0.1, 0.15) is 12.6 Å². The molecule has 37 heavy (non-hydrogen) atoms. The summed E-state index contributed by atoms with van der Waals surface area (Å²) in [6.45, 7) is 9.85. The van der Waals surface area contributed by atoms with Crippen LogP contribution >= 0.6 is 0 Å². The first-order chi connectivity index (χ1) is 17.6. The summed E-state index contributed by atoms with van der Waals surface area (Å²) in [4.78, 5) is 49.0. The summed E-state index contributed by atoms with van der Waals surface area (Å²) in [5.74, 6) is -1.34. The molecule has 0 heterocycles. The molecule has 1 aromatic carbocycles. The Morgan fingerprint density at radius 3 is 2.05 bits per heavy atom. The van der Waals surface area contributed by atoms with Crippen LogP contribution in [0.15, 0.2) is 18.2 Å². The fourth-order valence-electron chi connectivity index (χ4n) is 3.17. The average molecular weight is 522 g/mol. The van der Waals surface area contributed by atoms with Crippen molar-refractivity contribution in [2.45, 2.75) is 92.0 Å². The van der Waals surface area contributed by atoms with Crippen molar-refractivity contribution in [3.05, 3.63) is 23.8 Å². The van der Waals surface area contributed by atoms with Crippen LogP contribution in [0.2, 0.25) is 0 Å². The van der Waals surface area contributed by atoms with E-state index in [0.717, 1.165) is 12.8 Å². The normalized spacial score (nSPS) is 11.9. The number of ether oxygens (including phenoxy) is 4. The van der Waals surface area contributed by atoms with Crippen molar-refractivity contribution in [1.29, 1.82) is 0 Å². The Bertz CT molecular complexity index is 896. The number of hydrogen-bond acceptors (Lipinski definition) is 9. The van der Waals surface area contributed by atoms with Crippen LogP contribution in [-0.2, 0) is 35.1 Å². The Morgan fingerprint density at radius 1 is 0.919 bits per heavy atom. The summed E-state index contributed by atoms with van der Waals surface area (Å²) in [7, 11) is 1.29. The molecule has 0 bridgehead atoms. The minimum Gasteiger partial charge on any atom is -0.468 e. The Morgan fingerprint density at radius 2 is 1.51 bits per heavy atom. The predicted molar refractivity (Wildman–Crippen MR) is 139 cm³/mol. The quantitative estimate of drug-likeness (QED) is 0.179. The van der Waals surface area contributed by atoms with Crippen LogP contribution in [0.1, 0.15) is 85.1 Å².